The van der Waals surface area contributed by atoms with Gasteiger partial charge in [-0.15, -0.1) is 0 Å². The van der Waals surface area contributed by atoms with Gasteiger partial charge in [-0.05, 0) is 49.6 Å². The predicted octanol–water partition coefficient (Wildman–Crippen LogP) is 3.19. The smallest absolute Gasteiger partial charge is 0.255 e. The monoisotopic (exact) mass is 335 g/mol. The van der Waals surface area contributed by atoms with Gasteiger partial charge in [-0.3, -0.25) is 4.79 Å². The Balaban J connectivity index is 1.86. The number of halogens is 2. The molecule has 24 heavy (non-hydrogen) atoms. The van der Waals surface area contributed by atoms with E-state index >= 15 is 0 Å². The first-order valence-corrected chi connectivity index (χ1v) is 7.67. The number of aliphatic hydroxyl groups excluding tert-OH is 1. The van der Waals surface area contributed by atoms with Crippen molar-refractivity contribution < 1.29 is 18.7 Å². The molecule has 0 radical (unpaired) electrons. The van der Waals surface area contributed by atoms with Gasteiger partial charge in [0.25, 0.3) is 5.91 Å². The fourth-order valence-corrected chi connectivity index (χ4v) is 2.04. The van der Waals surface area contributed by atoms with E-state index in [1.807, 2.05) is 0 Å². The van der Waals surface area contributed by atoms with Crippen molar-refractivity contribution in [3.63, 3.8) is 0 Å². The summed E-state index contributed by atoms with van der Waals surface area (Å²) in [5.74, 6) is -1.94. The number of hydrogen-bond acceptors (Lipinski definition) is 4. The number of unbranched alkanes of at least 4 members (excludes halogenated alkanes) is 2. The van der Waals surface area contributed by atoms with Crippen LogP contribution in [0.5, 0.6) is 0 Å². The minimum absolute atomic E-state index is 0.0278. The highest BCUT2D eigenvalue weighted by Crippen LogP contribution is 2.13. The lowest BCUT2D eigenvalue weighted by atomic mass is 10.2. The number of anilines is 2. The van der Waals surface area contributed by atoms with E-state index in [1.165, 1.54) is 12.3 Å². The molecule has 0 saturated heterocycles. The van der Waals surface area contributed by atoms with Crippen molar-refractivity contribution in [2.75, 3.05) is 23.8 Å². The van der Waals surface area contributed by atoms with Crippen LogP contribution in [0.2, 0.25) is 0 Å². The van der Waals surface area contributed by atoms with E-state index in [1.54, 1.807) is 12.1 Å². The number of amides is 1. The van der Waals surface area contributed by atoms with Crippen LogP contribution in [0.3, 0.4) is 0 Å². The predicted molar refractivity (Wildman–Crippen MR) is 88.0 cm³/mol. The number of rotatable bonds is 8. The van der Waals surface area contributed by atoms with E-state index in [0.717, 1.165) is 37.9 Å². The normalized spacial score (nSPS) is 10.5. The number of carbonyl (C=O) groups excluding carboxylic acids is 1. The van der Waals surface area contributed by atoms with E-state index in [4.69, 9.17) is 5.11 Å². The molecule has 2 aromatic rings. The molecular formula is C17H19F2N3O2. The van der Waals surface area contributed by atoms with Gasteiger partial charge in [-0.25, -0.2) is 13.8 Å². The lowest BCUT2D eigenvalue weighted by molar-refractivity contribution is 0.102. The standard InChI is InChI=1S/C17H19F2N3O2/c18-14-6-4-12(10-15(14)19)17(24)22-13-5-7-16(21-11-13)20-8-2-1-3-9-23/h4-7,10-11,23H,1-3,8-9H2,(H,20,21)(H,22,24). The van der Waals surface area contributed by atoms with Gasteiger partial charge in [0, 0.05) is 18.7 Å². The summed E-state index contributed by atoms with van der Waals surface area (Å²) in [6.45, 7) is 0.943. The maximum absolute atomic E-state index is 13.1. The Hall–Kier alpha value is -2.54. The first kappa shape index (κ1) is 17.8. The lowest BCUT2D eigenvalue weighted by Crippen LogP contribution is -2.13. The number of nitrogens with zero attached hydrogens (tertiary/aromatic N) is 1. The molecule has 0 bridgehead atoms. The van der Waals surface area contributed by atoms with Crippen molar-refractivity contribution in [1.29, 1.82) is 0 Å². The second kappa shape index (κ2) is 8.93. The van der Waals surface area contributed by atoms with Crippen molar-refractivity contribution in [2.45, 2.75) is 19.3 Å². The number of aromatic nitrogens is 1. The molecule has 2 rings (SSSR count). The molecule has 5 nitrogen and oxygen atoms in total. The molecule has 0 saturated carbocycles. The second-order valence-electron chi connectivity index (χ2n) is 5.23. The highest BCUT2D eigenvalue weighted by Gasteiger charge is 2.10. The maximum atomic E-state index is 13.1. The topological polar surface area (TPSA) is 74.2 Å². The van der Waals surface area contributed by atoms with E-state index in [2.05, 4.69) is 15.6 Å². The summed E-state index contributed by atoms with van der Waals surface area (Å²) in [5.41, 5.74) is 0.482. The highest BCUT2D eigenvalue weighted by atomic mass is 19.2. The molecule has 0 aliphatic heterocycles. The molecular weight excluding hydrogens is 316 g/mol. The average molecular weight is 335 g/mol. The van der Waals surface area contributed by atoms with Gasteiger partial charge in [-0.1, -0.05) is 0 Å². The number of pyridine rings is 1. The summed E-state index contributed by atoms with van der Waals surface area (Å²) < 4.78 is 26.0. The van der Waals surface area contributed by atoms with E-state index in [-0.39, 0.29) is 12.2 Å². The number of hydrogen-bond donors (Lipinski definition) is 3. The zero-order chi connectivity index (χ0) is 17.4. The largest absolute Gasteiger partial charge is 0.396 e. The Kier molecular flexibility index (Phi) is 6.62. The Morgan fingerprint density at radius 2 is 1.92 bits per heavy atom. The summed E-state index contributed by atoms with van der Waals surface area (Å²) in [7, 11) is 0. The van der Waals surface area contributed by atoms with Gasteiger partial charge in [-0.2, -0.15) is 0 Å². The first-order valence-electron chi connectivity index (χ1n) is 7.67. The van der Waals surface area contributed by atoms with Gasteiger partial charge in [0.15, 0.2) is 11.6 Å². The third-order valence-corrected chi connectivity index (χ3v) is 3.34. The van der Waals surface area contributed by atoms with Crippen molar-refractivity contribution in [3.05, 3.63) is 53.7 Å². The summed E-state index contributed by atoms with van der Waals surface area (Å²) >= 11 is 0. The number of aliphatic hydroxyl groups is 1. The fourth-order valence-electron chi connectivity index (χ4n) is 2.04. The molecule has 1 amide bonds. The summed E-state index contributed by atoms with van der Waals surface area (Å²) in [4.78, 5) is 16.1. The van der Waals surface area contributed by atoms with Crippen LogP contribution in [0.1, 0.15) is 29.6 Å². The molecule has 128 valence electrons. The number of benzene rings is 1. The van der Waals surface area contributed by atoms with Gasteiger partial charge >= 0.3 is 0 Å². The SMILES string of the molecule is O=C(Nc1ccc(NCCCCCO)nc1)c1ccc(F)c(F)c1. The van der Waals surface area contributed by atoms with Gasteiger partial charge in [0.1, 0.15) is 5.82 Å². The maximum Gasteiger partial charge on any atom is 0.255 e. The zero-order valence-corrected chi connectivity index (χ0v) is 13.1. The molecule has 1 heterocycles. The van der Waals surface area contributed by atoms with Crippen molar-refractivity contribution in [1.82, 2.24) is 4.98 Å². The molecule has 1 aromatic heterocycles. The molecule has 0 atom stereocenters. The summed E-state index contributed by atoms with van der Waals surface area (Å²) in [5, 5.41) is 14.4. The van der Waals surface area contributed by atoms with Crippen LogP contribution in [0.25, 0.3) is 0 Å². The van der Waals surface area contributed by atoms with Crippen LogP contribution in [0, 0.1) is 11.6 Å². The Morgan fingerprint density at radius 3 is 2.58 bits per heavy atom. The Bertz CT molecular complexity index is 678. The number of carbonyl (C=O) groups is 1. The molecule has 0 spiro atoms. The minimum Gasteiger partial charge on any atom is -0.396 e. The molecule has 0 aliphatic rings. The van der Waals surface area contributed by atoms with E-state index in [0.29, 0.717) is 11.5 Å². The number of nitrogens with one attached hydrogen (secondary N) is 2. The van der Waals surface area contributed by atoms with Crippen LogP contribution >= 0.6 is 0 Å². The van der Waals surface area contributed by atoms with Crippen LogP contribution < -0.4 is 10.6 Å². The van der Waals surface area contributed by atoms with Crippen LogP contribution in [-0.2, 0) is 0 Å². The molecule has 1 aromatic carbocycles. The molecule has 7 heteroatoms. The van der Waals surface area contributed by atoms with Crippen LogP contribution in [0.15, 0.2) is 36.5 Å². The van der Waals surface area contributed by atoms with Gasteiger partial charge in [0.2, 0.25) is 0 Å². The Morgan fingerprint density at radius 1 is 1.08 bits per heavy atom. The Labute approximate surface area is 138 Å². The zero-order valence-electron chi connectivity index (χ0n) is 13.1. The average Bonchev–Trinajstić information content (AvgIpc) is 2.58. The second-order valence-corrected chi connectivity index (χ2v) is 5.23. The third-order valence-electron chi connectivity index (χ3n) is 3.34. The van der Waals surface area contributed by atoms with Crippen molar-refractivity contribution in [3.8, 4) is 0 Å². The summed E-state index contributed by atoms with van der Waals surface area (Å²) in [6.07, 6.45) is 4.13. The van der Waals surface area contributed by atoms with Crippen LogP contribution in [-0.4, -0.2) is 29.1 Å². The first-order chi connectivity index (χ1) is 11.6. The van der Waals surface area contributed by atoms with E-state index in [9.17, 15) is 13.6 Å². The minimum atomic E-state index is -1.07. The molecule has 3 N–H and O–H groups in total. The third kappa shape index (κ3) is 5.27. The summed E-state index contributed by atoms with van der Waals surface area (Å²) in [6, 6.07) is 6.35. The van der Waals surface area contributed by atoms with Gasteiger partial charge in [0.05, 0.1) is 11.9 Å². The quantitative estimate of drug-likeness (QED) is 0.648. The highest BCUT2D eigenvalue weighted by molar-refractivity contribution is 6.04. The molecule has 0 unspecified atom stereocenters. The van der Waals surface area contributed by atoms with Crippen LogP contribution in [0.4, 0.5) is 20.3 Å². The fraction of sp³-hybridized carbons (Fsp3) is 0.294. The van der Waals surface area contributed by atoms with E-state index < -0.39 is 17.5 Å². The lowest BCUT2D eigenvalue weighted by Gasteiger charge is -2.08. The molecule has 0 fully saturated rings. The molecule has 0 aliphatic carbocycles. The van der Waals surface area contributed by atoms with Crippen molar-refractivity contribution in [2.24, 2.45) is 0 Å². The van der Waals surface area contributed by atoms with Crippen molar-refractivity contribution >= 4 is 17.4 Å². The van der Waals surface area contributed by atoms with Gasteiger partial charge < -0.3 is 15.7 Å².